The maximum atomic E-state index is 11.8. The van der Waals surface area contributed by atoms with Crippen molar-refractivity contribution in [3.63, 3.8) is 0 Å². The van der Waals surface area contributed by atoms with Gasteiger partial charge >= 0.3 is 5.69 Å². The molecule has 0 aliphatic heterocycles. The third-order valence-electron chi connectivity index (χ3n) is 2.33. The molecule has 2 rings (SSSR count). The third-order valence-corrected chi connectivity index (χ3v) is 2.95. The van der Waals surface area contributed by atoms with Crippen molar-refractivity contribution in [3.05, 3.63) is 43.1 Å². The van der Waals surface area contributed by atoms with Gasteiger partial charge in [-0.25, -0.2) is 0 Å². The van der Waals surface area contributed by atoms with E-state index in [0.29, 0.717) is 15.7 Å². The minimum atomic E-state index is -0.712. The van der Waals surface area contributed by atoms with Gasteiger partial charge in [-0.3, -0.25) is 14.9 Å². The van der Waals surface area contributed by atoms with E-state index >= 15 is 0 Å². The van der Waals surface area contributed by atoms with Gasteiger partial charge in [0.05, 0.1) is 33.6 Å². The predicted molar refractivity (Wildman–Crippen MR) is 65.5 cm³/mol. The van der Waals surface area contributed by atoms with Gasteiger partial charge in [0.15, 0.2) is 0 Å². The molecule has 0 radical (unpaired) electrons. The number of fused-ring (bicyclic) bond motifs is 1. The van der Waals surface area contributed by atoms with E-state index in [1.54, 1.807) is 6.07 Å². The molecular weight excluding hydrogens is 292 g/mol. The molecule has 6 nitrogen and oxygen atoms in total. The number of benzene rings is 1. The summed E-state index contributed by atoms with van der Waals surface area (Å²) in [7, 11) is 1.50. The summed E-state index contributed by atoms with van der Waals surface area (Å²) in [5.74, 6) is 0.544. The normalized spacial score (nSPS) is 10.5. The number of aromatic amines is 1. The van der Waals surface area contributed by atoms with Gasteiger partial charge in [0.25, 0.3) is 5.43 Å². The summed E-state index contributed by atoms with van der Waals surface area (Å²) in [5, 5.41) is 10.9. The van der Waals surface area contributed by atoms with Crippen molar-refractivity contribution < 1.29 is 9.66 Å². The fraction of sp³-hybridized carbons (Fsp3) is 0.100. The number of pyridine rings is 1. The summed E-state index contributed by atoms with van der Waals surface area (Å²) in [6.07, 6.45) is 1.08. The standard InChI is InChI=1S/C10H7BrN2O4/c1-17-9-3-7-5(2-6(9)11)10(14)8(4-12-7)13(15)16/h2-4H,1H3,(H,12,14). The van der Waals surface area contributed by atoms with Crippen molar-refractivity contribution in [2.45, 2.75) is 0 Å². The Balaban J connectivity index is 2.83. The number of nitrogens with one attached hydrogen (secondary N) is 1. The maximum absolute atomic E-state index is 11.8. The summed E-state index contributed by atoms with van der Waals surface area (Å²) in [5.41, 5.74) is -0.609. The molecule has 0 atom stereocenters. The van der Waals surface area contributed by atoms with Crippen molar-refractivity contribution in [2.24, 2.45) is 0 Å². The summed E-state index contributed by atoms with van der Waals surface area (Å²) in [6, 6.07) is 3.10. The van der Waals surface area contributed by atoms with Crippen LogP contribution in [0.2, 0.25) is 0 Å². The van der Waals surface area contributed by atoms with Gasteiger partial charge in [-0.2, -0.15) is 0 Å². The Labute approximate surface area is 103 Å². The van der Waals surface area contributed by atoms with E-state index in [0.717, 1.165) is 6.20 Å². The Morgan fingerprint density at radius 2 is 2.18 bits per heavy atom. The van der Waals surface area contributed by atoms with E-state index in [-0.39, 0.29) is 5.39 Å². The number of aromatic nitrogens is 1. The molecule has 0 aliphatic rings. The molecule has 0 saturated heterocycles. The van der Waals surface area contributed by atoms with Crippen LogP contribution in [0.5, 0.6) is 5.75 Å². The first-order valence-electron chi connectivity index (χ1n) is 4.58. The van der Waals surface area contributed by atoms with Gasteiger partial charge in [-0.15, -0.1) is 0 Å². The highest BCUT2D eigenvalue weighted by Crippen LogP contribution is 2.28. The lowest BCUT2D eigenvalue weighted by Gasteiger charge is -2.04. The van der Waals surface area contributed by atoms with Gasteiger partial charge < -0.3 is 9.72 Å². The number of H-pyrrole nitrogens is 1. The second-order valence-electron chi connectivity index (χ2n) is 3.29. The smallest absolute Gasteiger partial charge is 0.332 e. The third kappa shape index (κ3) is 1.89. The SMILES string of the molecule is COc1cc2[nH]cc([N+](=O)[O-])c(=O)c2cc1Br. The number of hydrogen-bond donors (Lipinski definition) is 1. The number of hydrogen-bond acceptors (Lipinski definition) is 4. The van der Waals surface area contributed by atoms with Gasteiger partial charge in [-0.05, 0) is 22.0 Å². The van der Waals surface area contributed by atoms with Crippen LogP contribution in [0.4, 0.5) is 5.69 Å². The largest absolute Gasteiger partial charge is 0.495 e. The zero-order valence-corrected chi connectivity index (χ0v) is 10.3. The van der Waals surface area contributed by atoms with Crippen LogP contribution in [0.25, 0.3) is 10.9 Å². The molecule has 2 aromatic rings. The number of ether oxygens (including phenoxy) is 1. The number of methoxy groups -OCH3 is 1. The Morgan fingerprint density at radius 3 is 2.76 bits per heavy atom. The van der Waals surface area contributed by atoms with E-state index in [1.807, 2.05) is 0 Å². The van der Waals surface area contributed by atoms with Gasteiger partial charge in [0.2, 0.25) is 0 Å². The van der Waals surface area contributed by atoms with Crippen LogP contribution in [0.1, 0.15) is 0 Å². The van der Waals surface area contributed by atoms with E-state index in [1.165, 1.54) is 13.2 Å². The molecule has 0 unspecified atom stereocenters. The lowest BCUT2D eigenvalue weighted by molar-refractivity contribution is -0.386. The Hall–Kier alpha value is -1.89. The molecule has 1 N–H and O–H groups in total. The molecule has 88 valence electrons. The molecule has 17 heavy (non-hydrogen) atoms. The van der Waals surface area contributed by atoms with Gasteiger partial charge in [0, 0.05) is 6.07 Å². The second-order valence-corrected chi connectivity index (χ2v) is 4.15. The predicted octanol–water partition coefficient (Wildman–Crippen LogP) is 2.21. The quantitative estimate of drug-likeness (QED) is 0.680. The molecule has 0 fully saturated rings. The minimum absolute atomic E-state index is 0.242. The van der Waals surface area contributed by atoms with Crippen molar-refractivity contribution in [2.75, 3.05) is 7.11 Å². The fourth-order valence-electron chi connectivity index (χ4n) is 1.50. The van der Waals surface area contributed by atoms with E-state index in [2.05, 4.69) is 20.9 Å². The molecule has 0 bridgehead atoms. The molecule has 0 spiro atoms. The van der Waals surface area contributed by atoms with Crippen LogP contribution < -0.4 is 10.2 Å². The summed E-state index contributed by atoms with van der Waals surface area (Å²) < 4.78 is 5.64. The molecule has 7 heteroatoms. The molecule has 1 aromatic heterocycles. The number of rotatable bonds is 2. The van der Waals surface area contributed by atoms with Crippen molar-refractivity contribution in [3.8, 4) is 5.75 Å². The van der Waals surface area contributed by atoms with Crippen LogP contribution in [0.3, 0.4) is 0 Å². The molecule has 1 heterocycles. The van der Waals surface area contributed by atoms with Crippen molar-refractivity contribution >= 4 is 32.5 Å². The average Bonchev–Trinajstić information content (AvgIpc) is 2.29. The first-order chi connectivity index (χ1) is 8.04. The highest BCUT2D eigenvalue weighted by Gasteiger charge is 2.16. The zero-order chi connectivity index (χ0) is 12.6. The monoisotopic (exact) mass is 298 g/mol. The summed E-state index contributed by atoms with van der Waals surface area (Å²) in [6.45, 7) is 0. The lowest BCUT2D eigenvalue weighted by Crippen LogP contribution is -2.09. The summed E-state index contributed by atoms with van der Waals surface area (Å²) >= 11 is 3.23. The zero-order valence-electron chi connectivity index (χ0n) is 8.69. The molecule has 0 amide bonds. The number of halogens is 1. The van der Waals surface area contributed by atoms with Crippen LogP contribution in [0, 0.1) is 10.1 Å². The van der Waals surface area contributed by atoms with Crippen LogP contribution in [0.15, 0.2) is 27.6 Å². The topological polar surface area (TPSA) is 85.2 Å². The molecule has 0 aliphatic carbocycles. The Kier molecular flexibility index (Phi) is 2.84. The van der Waals surface area contributed by atoms with E-state index in [9.17, 15) is 14.9 Å². The lowest BCUT2D eigenvalue weighted by atomic mass is 10.2. The molecule has 1 aromatic carbocycles. The first kappa shape index (κ1) is 11.6. The van der Waals surface area contributed by atoms with Gasteiger partial charge in [-0.1, -0.05) is 0 Å². The fourth-order valence-corrected chi connectivity index (χ4v) is 2.01. The first-order valence-corrected chi connectivity index (χ1v) is 5.37. The Bertz CT molecular complexity index is 665. The van der Waals surface area contributed by atoms with Crippen LogP contribution in [-0.2, 0) is 0 Å². The maximum Gasteiger partial charge on any atom is 0.332 e. The highest BCUT2D eigenvalue weighted by atomic mass is 79.9. The molecule has 0 saturated carbocycles. The van der Waals surface area contributed by atoms with E-state index < -0.39 is 16.0 Å². The average molecular weight is 299 g/mol. The van der Waals surface area contributed by atoms with Crippen molar-refractivity contribution in [1.29, 1.82) is 0 Å². The second kappa shape index (κ2) is 4.17. The Morgan fingerprint density at radius 1 is 1.47 bits per heavy atom. The minimum Gasteiger partial charge on any atom is -0.495 e. The summed E-state index contributed by atoms with van der Waals surface area (Å²) in [4.78, 5) is 24.4. The highest BCUT2D eigenvalue weighted by molar-refractivity contribution is 9.10. The van der Waals surface area contributed by atoms with E-state index in [4.69, 9.17) is 4.74 Å². The number of nitro groups is 1. The van der Waals surface area contributed by atoms with Crippen LogP contribution in [-0.4, -0.2) is 17.0 Å². The van der Waals surface area contributed by atoms with Crippen LogP contribution >= 0.6 is 15.9 Å². The van der Waals surface area contributed by atoms with Gasteiger partial charge in [0.1, 0.15) is 5.75 Å². The molecular formula is C10H7BrN2O4. The van der Waals surface area contributed by atoms with Crippen molar-refractivity contribution in [1.82, 2.24) is 4.98 Å². The number of nitrogens with zero attached hydrogens (tertiary/aromatic N) is 1.